The summed E-state index contributed by atoms with van der Waals surface area (Å²) < 4.78 is 46.1. The summed E-state index contributed by atoms with van der Waals surface area (Å²) in [5.41, 5.74) is 1.06. The number of halogens is 1. The second kappa shape index (κ2) is 15.3. The standard InChI is InChI=1S/C30H39IN2O7S/c1-38-26-11-13-27(14-12-26)41(36,37)33(17-19-34)18-20-39-29-22-24(23-7-9-25(31)10-8-23)21-28(40-29)30(35)32-15-5-3-2-4-6-16-32/h7-14,21,24,29,34H,2-6,15-20,22H2,1H3/t24-,29+/m0/s1. The average molecular weight is 699 g/mol. The van der Waals surface area contributed by atoms with Gasteiger partial charge in [-0.15, -0.1) is 0 Å². The molecule has 1 fully saturated rings. The van der Waals surface area contributed by atoms with Crippen LogP contribution in [-0.2, 0) is 24.3 Å². The molecule has 2 aromatic rings. The number of carbonyl (C=O) groups is 1. The summed E-state index contributed by atoms with van der Waals surface area (Å²) in [5.74, 6) is 0.617. The van der Waals surface area contributed by atoms with Crippen LogP contribution in [0, 0.1) is 3.57 Å². The third kappa shape index (κ3) is 8.66. The molecule has 0 aromatic heterocycles. The van der Waals surface area contributed by atoms with E-state index in [1.807, 2.05) is 35.2 Å². The van der Waals surface area contributed by atoms with Crippen LogP contribution in [-0.4, -0.2) is 81.4 Å². The van der Waals surface area contributed by atoms with Crippen LogP contribution in [0.1, 0.15) is 50.0 Å². The molecular formula is C30H39IN2O7S. The van der Waals surface area contributed by atoms with Gasteiger partial charge in [-0.05, 0) is 83.5 Å². The molecule has 41 heavy (non-hydrogen) atoms. The topological polar surface area (TPSA) is 106 Å². The van der Waals surface area contributed by atoms with E-state index >= 15 is 0 Å². The zero-order valence-electron chi connectivity index (χ0n) is 23.4. The maximum atomic E-state index is 13.5. The largest absolute Gasteiger partial charge is 0.497 e. The smallest absolute Gasteiger partial charge is 0.288 e. The minimum atomic E-state index is -3.87. The summed E-state index contributed by atoms with van der Waals surface area (Å²) in [5, 5.41) is 9.57. The number of allylic oxidation sites excluding steroid dienone is 1. The van der Waals surface area contributed by atoms with Crippen molar-refractivity contribution in [2.24, 2.45) is 0 Å². The number of aliphatic hydroxyl groups excluding tert-OH is 1. The van der Waals surface area contributed by atoms with Gasteiger partial charge in [-0.2, -0.15) is 4.31 Å². The van der Waals surface area contributed by atoms with Crippen LogP contribution < -0.4 is 4.74 Å². The first kappa shape index (κ1) is 31.7. The van der Waals surface area contributed by atoms with Crippen molar-refractivity contribution in [3.63, 3.8) is 0 Å². The Morgan fingerprint density at radius 3 is 2.32 bits per heavy atom. The molecule has 1 amide bonds. The molecule has 0 radical (unpaired) electrons. The molecular weight excluding hydrogens is 659 g/mol. The molecule has 9 nitrogen and oxygen atoms in total. The Morgan fingerprint density at radius 2 is 1.68 bits per heavy atom. The third-order valence-corrected chi connectivity index (χ3v) is 10.0. The molecule has 224 valence electrons. The number of carbonyl (C=O) groups excluding carboxylic acids is 1. The molecule has 0 saturated carbocycles. The van der Waals surface area contributed by atoms with Gasteiger partial charge in [0.15, 0.2) is 5.76 Å². The number of amides is 1. The average Bonchev–Trinajstić information content (AvgIpc) is 2.96. The van der Waals surface area contributed by atoms with Crippen molar-refractivity contribution >= 4 is 38.5 Å². The Morgan fingerprint density at radius 1 is 1.02 bits per heavy atom. The molecule has 0 bridgehead atoms. The highest BCUT2D eigenvalue weighted by molar-refractivity contribution is 14.1. The van der Waals surface area contributed by atoms with Gasteiger partial charge in [-0.1, -0.05) is 31.4 Å². The summed E-state index contributed by atoms with van der Waals surface area (Å²) in [7, 11) is -2.36. The first-order valence-corrected chi connectivity index (χ1v) is 16.6. The number of ether oxygens (including phenoxy) is 3. The fourth-order valence-electron chi connectivity index (χ4n) is 5.11. The van der Waals surface area contributed by atoms with Gasteiger partial charge in [0.1, 0.15) is 5.75 Å². The van der Waals surface area contributed by atoms with Crippen molar-refractivity contribution in [1.29, 1.82) is 0 Å². The van der Waals surface area contributed by atoms with E-state index in [0.717, 1.165) is 34.8 Å². The van der Waals surface area contributed by atoms with Gasteiger partial charge in [0.2, 0.25) is 16.3 Å². The van der Waals surface area contributed by atoms with Crippen molar-refractivity contribution in [2.75, 3.05) is 46.5 Å². The van der Waals surface area contributed by atoms with E-state index < -0.39 is 16.3 Å². The van der Waals surface area contributed by atoms with E-state index in [0.29, 0.717) is 25.3 Å². The normalized spacial score (nSPS) is 20.1. The monoisotopic (exact) mass is 698 g/mol. The Hall–Kier alpha value is -2.19. The number of methoxy groups -OCH3 is 1. The van der Waals surface area contributed by atoms with Crippen LogP contribution in [0.3, 0.4) is 0 Å². The molecule has 2 aliphatic rings. The highest BCUT2D eigenvalue weighted by Gasteiger charge is 2.32. The Labute approximate surface area is 256 Å². The lowest BCUT2D eigenvalue weighted by atomic mass is 9.93. The van der Waals surface area contributed by atoms with Crippen LogP contribution in [0.15, 0.2) is 65.3 Å². The first-order valence-electron chi connectivity index (χ1n) is 14.1. The van der Waals surface area contributed by atoms with Gasteiger partial charge in [-0.3, -0.25) is 4.79 Å². The van der Waals surface area contributed by atoms with Gasteiger partial charge < -0.3 is 24.2 Å². The second-order valence-electron chi connectivity index (χ2n) is 10.2. The maximum absolute atomic E-state index is 13.5. The number of nitrogens with zero attached hydrogens (tertiary/aromatic N) is 2. The molecule has 0 unspecified atom stereocenters. The fourth-order valence-corrected chi connectivity index (χ4v) is 6.88. The lowest BCUT2D eigenvalue weighted by molar-refractivity contribution is -0.153. The van der Waals surface area contributed by atoms with Crippen molar-refractivity contribution in [3.05, 3.63) is 69.5 Å². The van der Waals surface area contributed by atoms with Gasteiger partial charge in [0.25, 0.3) is 5.91 Å². The van der Waals surface area contributed by atoms with Crippen LogP contribution in [0.25, 0.3) is 0 Å². The number of aliphatic hydroxyl groups is 1. The molecule has 0 spiro atoms. The minimum Gasteiger partial charge on any atom is -0.497 e. The zero-order valence-corrected chi connectivity index (χ0v) is 26.4. The van der Waals surface area contributed by atoms with Gasteiger partial charge >= 0.3 is 0 Å². The molecule has 2 heterocycles. The molecule has 2 atom stereocenters. The van der Waals surface area contributed by atoms with Crippen LogP contribution in [0.2, 0.25) is 0 Å². The fraction of sp³-hybridized carbons (Fsp3) is 0.500. The lowest BCUT2D eigenvalue weighted by Gasteiger charge is -2.33. The SMILES string of the molecule is COc1ccc(S(=O)(=O)N(CCO)CCO[C@H]2C[C@@H](c3ccc(I)cc3)C=C(C(=O)N3CCCCCCC3)O2)cc1. The van der Waals surface area contributed by atoms with E-state index in [1.54, 1.807) is 12.1 Å². The predicted octanol–water partition coefficient (Wildman–Crippen LogP) is 4.51. The highest BCUT2D eigenvalue weighted by Crippen LogP contribution is 2.33. The van der Waals surface area contributed by atoms with Crippen LogP contribution in [0.4, 0.5) is 0 Å². The number of benzene rings is 2. The Balaban J connectivity index is 1.47. The summed E-state index contributed by atoms with van der Waals surface area (Å²) in [6.07, 6.45) is 7.05. The van der Waals surface area contributed by atoms with Gasteiger partial charge in [-0.25, -0.2) is 8.42 Å². The molecule has 0 aliphatic carbocycles. The summed E-state index contributed by atoms with van der Waals surface area (Å²) in [6.45, 7) is 1.05. The number of likely N-dealkylation sites (tertiary alicyclic amines) is 1. The van der Waals surface area contributed by atoms with Gasteiger partial charge in [0.05, 0.1) is 25.2 Å². The summed E-state index contributed by atoms with van der Waals surface area (Å²) in [6, 6.07) is 14.3. The van der Waals surface area contributed by atoms with Crippen molar-refractivity contribution in [3.8, 4) is 5.75 Å². The number of hydrogen-bond acceptors (Lipinski definition) is 7. The van der Waals surface area contributed by atoms with Crippen LogP contribution >= 0.6 is 22.6 Å². The summed E-state index contributed by atoms with van der Waals surface area (Å²) >= 11 is 2.26. The van der Waals surface area contributed by atoms with Crippen molar-refractivity contribution in [2.45, 2.75) is 55.6 Å². The first-order chi connectivity index (χ1) is 19.8. The van der Waals surface area contributed by atoms with E-state index in [-0.39, 0.29) is 48.8 Å². The van der Waals surface area contributed by atoms with Crippen molar-refractivity contribution < 1.29 is 32.5 Å². The maximum Gasteiger partial charge on any atom is 0.288 e. The molecule has 4 rings (SSSR count). The predicted molar refractivity (Wildman–Crippen MR) is 164 cm³/mol. The third-order valence-electron chi connectivity index (χ3n) is 7.40. The zero-order chi connectivity index (χ0) is 29.2. The molecule has 2 aliphatic heterocycles. The molecule has 1 N–H and O–H groups in total. The molecule has 11 heteroatoms. The van der Waals surface area contributed by atoms with E-state index in [2.05, 4.69) is 22.6 Å². The Bertz CT molecular complexity index is 1260. The molecule has 2 aromatic carbocycles. The van der Waals surface area contributed by atoms with Crippen molar-refractivity contribution in [1.82, 2.24) is 9.21 Å². The minimum absolute atomic E-state index is 0.0160. The molecule has 1 saturated heterocycles. The highest BCUT2D eigenvalue weighted by atomic mass is 127. The summed E-state index contributed by atoms with van der Waals surface area (Å²) in [4.78, 5) is 15.5. The second-order valence-corrected chi connectivity index (χ2v) is 13.4. The van der Waals surface area contributed by atoms with E-state index in [4.69, 9.17) is 14.2 Å². The number of rotatable bonds is 11. The quantitative estimate of drug-likeness (QED) is 0.345. The Kier molecular flexibility index (Phi) is 11.9. The van der Waals surface area contributed by atoms with Gasteiger partial charge in [0, 0.05) is 42.1 Å². The van der Waals surface area contributed by atoms with E-state index in [9.17, 15) is 18.3 Å². The number of sulfonamides is 1. The number of hydrogen-bond donors (Lipinski definition) is 1. The lowest BCUT2D eigenvalue weighted by Crippen LogP contribution is -2.39. The van der Waals surface area contributed by atoms with E-state index in [1.165, 1.54) is 30.0 Å². The van der Waals surface area contributed by atoms with Crippen LogP contribution in [0.5, 0.6) is 5.75 Å².